The molecule has 16 heavy (non-hydrogen) atoms. The van der Waals surface area contributed by atoms with Crippen molar-refractivity contribution < 1.29 is 19.5 Å². The Morgan fingerprint density at radius 3 is 2.50 bits per heavy atom. The molecule has 1 saturated carbocycles. The number of hydrogen-bond acceptors (Lipinski definition) is 3. The molecule has 2 fully saturated rings. The van der Waals surface area contributed by atoms with Gasteiger partial charge in [0, 0.05) is 13.0 Å². The van der Waals surface area contributed by atoms with Gasteiger partial charge in [-0.05, 0) is 12.8 Å². The lowest BCUT2D eigenvalue weighted by Gasteiger charge is -2.20. The lowest BCUT2D eigenvalue weighted by molar-refractivity contribution is -0.143. The summed E-state index contributed by atoms with van der Waals surface area (Å²) in [5, 5.41) is 8.55. The van der Waals surface area contributed by atoms with Crippen LogP contribution in [0.4, 0.5) is 0 Å². The van der Waals surface area contributed by atoms with Crippen molar-refractivity contribution in [2.75, 3.05) is 6.54 Å². The van der Waals surface area contributed by atoms with Crippen LogP contribution in [0.2, 0.25) is 0 Å². The first-order chi connectivity index (χ1) is 7.55. The summed E-state index contributed by atoms with van der Waals surface area (Å²) < 4.78 is 0. The Morgan fingerprint density at radius 2 is 1.94 bits per heavy atom. The van der Waals surface area contributed by atoms with Crippen LogP contribution in [0.25, 0.3) is 0 Å². The van der Waals surface area contributed by atoms with Crippen molar-refractivity contribution in [2.45, 2.75) is 38.5 Å². The lowest BCUT2D eigenvalue weighted by Crippen LogP contribution is -2.35. The molecular formula is C11H15NO4. The number of carboxylic acids is 1. The predicted octanol–water partition coefficient (Wildman–Crippen LogP) is 0.780. The highest BCUT2D eigenvalue weighted by atomic mass is 16.4. The van der Waals surface area contributed by atoms with Gasteiger partial charge in [0.15, 0.2) is 0 Å². The third-order valence-corrected chi connectivity index (χ3v) is 3.60. The monoisotopic (exact) mass is 225 g/mol. The van der Waals surface area contributed by atoms with Gasteiger partial charge in [-0.15, -0.1) is 0 Å². The molecule has 5 heteroatoms. The molecule has 0 unspecified atom stereocenters. The smallest absolute Gasteiger partial charge is 0.305 e. The van der Waals surface area contributed by atoms with Crippen molar-refractivity contribution in [2.24, 2.45) is 5.41 Å². The average molecular weight is 225 g/mol. The van der Waals surface area contributed by atoms with E-state index in [-0.39, 0.29) is 31.2 Å². The molecule has 2 amide bonds. The van der Waals surface area contributed by atoms with Gasteiger partial charge in [0.05, 0.1) is 11.8 Å². The molecule has 88 valence electrons. The predicted molar refractivity (Wildman–Crippen MR) is 54.5 cm³/mol. The maximum absolute atomic E-state index is 12.1. The van der Waals surface area contributed by atoms with Crippen molar-refractivity contribution in [3.8, 4) is 0 Å². The summed E-state index contributed by atoms with van der Waals surface area (Å²) in [5.74, 6) is -1.32. The first kappa shape index (κ1) is 11.1. The Bertz CT molecular complexity index is 344. The van der Waals surface area contributed by atoms with Crippen LogP contribution in [-0.2, 0) is 14.4 Å². The number of aliphatic carboxylic acids is 1. The van der Waals surface area contributed by atoms with Gasteiger partial charge in [-0.2, -0.15) is 0 Å². The average Bonchev–Trinajstić information content (AvgIpc) is 2.74. The van der Waals surface area contributed by atoms with E-state index in [0.29, 0.717) is 0 Å². The number of amides is 2. The molecule has 0 atom stereocenters. The van der Waals surface area contributed by atoms with E-state index in [1.807, 2.05) is 0 Å². The largest absolute Gasteiger partial charge is 0.481 e. The topological polar surface area (TPSA) is 74.7 Å². The zero-order chi connectivity index (χ0) is 11.8. The Labute approximate surface area is 93.4 Å². The molecule has 1 aliphatic heterocycles. The van der Waals surface area contributed by atoms with Crippen molar-refractivity contribution in [1.29, 1.82) is 0 Å². The fraction of sp³-hybridized carbons (Fsp3) is 0.727. The zero-order valence-corrected chi connectivity index (χ0v) is 9.07. The van der Waals surface area contributed by atoms with Crippen LogP contribution in [0.3, 0.4) is 0 Å². The highest BCUT2D eigenvalue weighted by molar-refractivity contribution is 6.06. The van der Waals surface area contributed by atoms with Crippen LogP contribution in [-0.4, -0.2) is 34.3 Å². The first-order valence-electron chi connectivity index (χ1n) is 5.62. The lowest BCUT2D eigenvalue weighted by atomic mass is 9.84. The van der Waals surface area contributed by atoms with E-state index in [0.717, 1.165) is 30.6 Å². The van der Waals surface area contributed by atoms with Gasteiger partial charge in [-0.1, -0.05) is 12.8 Å². The van der Waals surface area contributed by atoms with Crippen molar-refractivity contribution >= 4 is 17.8 Å². The maximum atomic E-state index is 12.1. The van der Waals surface area contributed by atoms with E-state index in [1.165, 1.54) is 0 Å². The van der Waals surface area contributed by atoms with Crippen LogP contribution >= 0.6 is 0 Å². The quantitative estimate of drug-likeness (QED) is 0.720. The number of hydrogen-bond donors (Lipinski definition) is 1. The minimum atomic E-state index is -0.979. The molecule has 1 aliphatic carbocycles. The number of carbonyl (C=O) groups is 3. The molecule has 2 rings (SSSR count). The normalized spacial score (nSPS) is 23.4. The maximum Gasteiger partial charge on any atom is 0.305 e. The second kappa shape index (κ2) is 3.88. The van der Waals surface area contributed by atoms with Crippen LogP contribution in [0, 0.1) is 5.41 Å². The molecule has 1 N–H and O–H groups in total. The summed E-state index contributed by atoms with van der Waals surface area (Å²) in [6.45, 7) is 0.0226. The summed E-state index contributed by atoms with van der Waals surface area (Å²) >= 11 is 0. The first-order valence-corrected chi connectivity index (χ1v) is 5.62. The zero-order valence-electron chi connectivity index (χ0n) is 9.07. The van der Waals surface area contributed by atoms with E-state index in [1.54, 1.807) is 0 Å². The van der Waals surface area contributed by atoms with Gasteiger partial charge in [-0.3, -0.25) is 19.3 Å². The molecule has 0 aromatic rings. The molecule has 2 aliphatic rings. The van der Waals surface area contributed by atoms with E-state index < -0.39 is 11.4 Å². The SMILES string of the molecule is O=C(O)CCN1C(=O)CC2(CCCC2)C1=O. The Hall–Kier alpha value is -1.39. The van der Waals surface area contributed by atoms with Crippen LogP contribution in [0.1, 0.15) is 38.5 Å². The highest BCUT2D eigenvalue weighted by Gasteiger charge is 2.52. The van der Waals surface area contributed by atoms with Crippen LogP contribution in [0.5, 0.6) is 0 Å². The number of imide groups is 1. The Balaban J connectivity index is 2.07. The molecule has 0 aromatic carbocycles. The third kappa shape index (κ3) is 1.70. The highest BCUT2D eigenvalue weighted by Crippen LogP contribution is 2.46. The third-order valence-electron chi connectivity index (χ3n) is 3.60. The fourth-order valence-electron chi connectivity index (χ4n) is 2.74. The van der Waals surface area contributed by atoms with Gasteiger partial charge in [0.2, 0.25) is 11.8 Å². The summed E-state index contributed by atoms with van der Waals surface area (Å²) in [6, 6.07) is 0. The Morgan fingerprint density at radius 1 is 1.31 bits per heavy atom. The molecule has 5 nitrogen and oxygen atoms in total. The molecule has 0 bridgehead atoms. The van der Waals surface area contributed by atoms with Gasteiger partial charge in [0.25, 0.3) is 0 Å². The fourth-order valence-corrected chi connectivity index (χ4v) is 2.74. The van der Waals surface area contributed by atoms with Crippen LogP contribution < -0.4 is 0 Å². The molecule has 1 saturated heterocycles. The van der Waals surface area contributed by atoms with Crippen molar-refractivity contribution in [1.82, 2.24) is 4.90 Å². The summed E-state index contributed by atoms with van der Waals surface area (Å²) in [5.41, 5.74) is -0.477. The Kier molecular flexibility index (Phi) is 2.69. The summed E-state index contributed by atoms with van der Waals surface area (Å²) in [4.78, 5) is 35.3. The number of carbonyl (C=O) groups excluding carboxylic acids is 2. The van der Waals surface area contributed by atoms with Crippen LogP contribution in [0.15, 0.2) is 0 Å². The van der Waals surface area contributed by atoms with E-state index in [4.69, 9.17) is 5.11 Å². The van der Waals surface area contributed by atoms with Crippen molar-refractivity contribution in [3.63, 3.8) is 0 Å². The summed E-state index contributed by atoms with van der Waals surface area (Å²) in [6.07, 6.45) is 3.67. The van der Waals surface area contributed by atoms with Crippen molar-refractivity contribution in [3.05, 3.63) is 0 Å². The van der Waals surface area contributed by atoms with E-state index in [2.05, 4.69) is 0 Å². The molecule has 1 spiro atoms. The van der Waals surface area contributed by atoms with Gasteiger partial charge in [-0.25, -0.2) is 0 Å². The van der Waals surface area contributed by atoms with E-state index >= 15 is 0 Å². The number of likely N-dealkylation sites (tertiary alicyclic amines) is 1. The molecule has 0 aromatic heterocycles. The molecular weight excluding hydrogens is 210 g/mol. The molecule has 1 heterocycles. The minimum Gasteiger partial charge on any atom is -0.481 e. The minimum absolute atomic E-state index is 0.0226. The van der Waals surface area contributed by atoms with Gasteiger partial charge in [0.1, 0.15) is 0 Å². The second-order valence-electron chi connectivity index (χ2n) is 4.66. The van der Waals surface area contributed by atoms with E-state index in [9.17, 15) is 14.4 Å². The standard InChI is InChI=1S/C11H15NO4/c13-8-7-11(4-1-2-5-11)10(16)12(8)6-3-9(14)15/h1-7H2,(H,14,15). The second-order valence-corrected chi connectivity index (χ2v) is 4.66. The van der Waals surface area contributed by atoms with Gasteiger partial charge >= 0.3 is 5.97 Å². The number of rotatable bonds is 3. The number of carboxylic acid groups (broad SMARTS) is 1. The summed E-state index contributed by atoms with van der Waals surface area (Å²) in [7, 11) is 0. The number of nitrogens with zero attached hydrogens (tertiary/aromatic N) is 1. The van der Waals surface area contributed by atoms with Gasteiger partial charge < -0.3 is 5.11 Å². The molecule has 0 radical (unpaired) electrons.